The Labute approximate surface area is 122 Å². The highest BCUT2D eigenvalue weighted by Crippen LogP contribution is 2.26. The molecule has 2 rings (SSSR count). The fraction of sp³-hybridized carbons (Fsp3) is 0.400. The molecule has 1 aliphatic carbocycles. The van der Waals surface area contributed by atoms with Crippen LogP contribution in [-0.2, 0) is 9.59 Å². The van der Waals surface area contributed by atoms with Crippen molar-refractivity contribution in [3.63, 3.8) is 0 Å². The van der Waals surface area contributed by atoms with Gasteiger partial charge in [-0.3, -0.25) is 14.4 Å². The maximum Gasteiger partial charge on any atom is 0.323 e. The topological polar surface area (TPSA) is 86.7 Å². The van der Waals surface area contributed by atoms with Crippen molar-refractivity contribution in [2.75, 3.05) is 13.1 Å². The summed E-state index contributed by atoms with van der Waals surface area (Å²) in [5.41, 5.74) is 1.52. The Morgan fingerprint density at radius 3 is 2.38 bits per heavy atom. The summed E-state index contributed by atoms with van der Waals surface area (Å²) in [6.07, 6.45) is 1.65. The minimum atomic E-state index is -1.04. The number of aryl methyl sites for hydroxylation is 1. The number of benzene rings is 1. The number of nitrogens with zero attached hydrogens (tertiary/aromatic N) is 1. The lowest BCUT2D eigenvalue weighted by Gasteiger charge is -2.20. The van der Waals surface area contributed by atoms with E-state index in [0.29, 0.717) is 5.56 Å². The minimum Gasteiger partial charge on any atom is -0.480 e. The van der Waals surface area contributed by atoms with Crippen LogP contribution in [0.15, 0.2) is 24.3 Å². The van der Waals surface area contributed by atoms with Gasteiger partial charge in [0, 0.05) is 11.6 Å². The molecule has 0 spiro atoms. The van der Waals surface area contributed by atoms with Crippen LogP contribution in [0.25, 0.3) is 0 Å². The van der Waals surface area contributed by atoms with Crippen LogP contribution in [0.5, 0.6) is 0 Å². The van der Waals surface area contributed by atoms with E-state index in [1.165, 1.54) is 4.90 Å². The zero-order chi connectivity index (χ0) is 15.4. The number of nitrogens with one attached hydrogen (secondary N) is 1. The second-order valence-electron chi connectivity index (χ2n) is 5.20. The summed E-state index contributed by atoms with van der Waals surface area (Å²) in [6, 6.07) is 7.01. The molecule has 0 bridgehead atoms. The highest BCUT2D eigenvalue weighted by Gasteiger charge is 2.33. The Hall–Kier alpha value is -2.37. The SMILES string of the molecule is Cc1ccc(C(=O)NCC(=O)N(CC(=O)O)C2CC2)cc1. The normalized spacial score (nSPS) is 13.6. The number of carbonyl (C=O) groups excluding carboxylic acids is 2. The number of amides is 2. The molecule has 0 aliphatic heterocycles. The van der Waals surface area contributed by atoms with E-state index in [2.05, 4.69) is 5.32 Å². The highest BCUT2D eigenvalue weighted by molar-refractivity contribution is 5.96. The van der Waals surface area contributed by atoms with Crippen molar-refractivity contribution in [2.45, 2.75) is 25.8 Å². The molecule has 6 nitrogen and oxygen atoms in total. The number of rotatable bonds is 6. The number of hydrogen-bond donors (Lipinski definition) is 2. The molecular formula is C15H18N2O4. The van der Waals surface area contributed by atoms with Crippen LogP contribution in [0.4, 0.5) is 0 Å². The van der Waals surface area contributed by atoms with Crippen molar-refractivity contribution in [1.29, 1.82) is 0 Å². The highest BCUT2D eigenvalue weighted by atomic mass is 16.4. The molecule has 0 unspecified atom stereocenters. The van der Waals surface area contributed by atoms with Crippen molar-refractivity contribution >= 4 is 17.8 Å². The maximum absolute atomic E-state index is 12.0. The van der Waals surface area contributed by atoms with Crippen LogP contribution in [0.1, 0.15) is 28.8 Å². The molecule has 21 heavy (non-hydrogen) atoms. The molecule has 0 atom stereocenters. The van der Waals surface area contributed by atoms with Gasteiger partial charge in [-0.2, -0.15) is 0 Å². The summed E-state index contributed by atoms with van der Waals surface area (Å²) < 4.78 is 0. The van der Waals surface area contributed by atoms with E-state index in [-0.39, 0.29) is 30.9 Å². The molecule has 1 fully saturated rings. The molecule has 1 aromatic rings. The third-order valence-electron chi connectivity index (χ3n) is 3.33. The van der Waals surface area contributed by atoms with Crippen molar-refractivity contribution in [3.8, 4) is 0 Å². The van der Waals surface area contributed by atoms with Gasteiger partial charge in [0.1, 0.15) is 6.54 Å². The quantitative estimate of drug-likeness (QED) is 0.811. The van der Waals surface area contributed by atoms with Crippen molar-refractivity contribution < 1.29 is 19.5 Å². The third kappa shape index (κ3) is 4.30. The van der Waals surface area contributed by atoms with E-state index in [1.54, 1.807) is 12.1 Å². The Bertz CT molecular complexity index is 549. The van der Waals surface area contributed by atoms with Gasteiger partial charge in [0.25, 0.3) is 5.91 Å². The summed E-state index contributed by atoms with van der Waals surface area (Å²) in [6.45, 7) is 1.42. The summed E-state index contributed by atoms with van der Waals surface area (Å²) in [4.78, 5) is 36.0. The predicted molar refractivity (Wildman–Crippen MR) is 75.9 cm³/mol. The zero-order valence-electron chi connectivity index (χ0n) is 11.8. The number of hydrogen-bond acceptors (Lipinski definition) is 3. The van der Waals surface area contributed by atoms with Crippen molar-refractivity contribution in [2.24, 2.45) is 0 Å². The van der Waals surface area contributed by atoms with Gasteiger partial charge in [-0.05, 0) is 31.9 Å². The first kappa shape index (κ1) is 15.0. The van der Waals surface area contributed by atoms with E-state index in [1.807, 2.05) is 19.1 Å². The van der Waals surface area contributed by atoms with Crippen LogP contribution >= 0.6 is 0 Å². The van der Waals surface area contributed by atoms with Crippen LogP contribution in [0.3, 0.4) is 0 Å². The number of carboxylic acid groups (broad SMARTS) is 1. The average Bonchev–Trinajstić information content (AvgIpc) is 3.27. The summed E-state index contributed by atoms with van der Waals surface area (Å²) in [7, 11) is 0. The Balaban J connectivity index is 1.88. The molecule has 1 aliphatic rings. The van der Waals surface area contributed by atoms with Gasteiger partial charge < -0.3 is 15.3 Å². The average molecular weight is 290 g/mol. The molecule has 2 amide bonds. The molecule has 2 N–H and O–H groups in total. The first-order valence-corrected chi connectivity index (χ1v) is 6.83. The fourth-order valence-corrected chi connectivity index (χ4v) is 2.02. The van der Waals surface area contributed by atoms with Gasteiger partial charge in [0.15, 0.2) is 0 Å². The Morgan fingerprint density at radius 2 is 1.86 bits per heavy atom. The lowest BCUT2D eigenvalue weighted by Crippen LogP contribution is -2.43. The second kappa shape index (κ2) is 6.39. The lowest BCUT2D eigenvalue weighted by atomic mass is 10.1. The standard InChI is InChI=1S/C15H18N2O4/c1-10-2-4-11(5-3-10)15(21)16-8-13(18)17(9-14(19)20)12-6-7-12/h2-5,12H,6-9H2,1H3,(H,16,21)(H,19,20). The van der Waals surface area contributed by atoms with Gasteiger partial charge in [-0.1, -0.05) is 17.7 Å². The van der Waals surface area contributed by atoms with Gasteiger partial charge >= 0.3 is 5.97 Å². The van der Waals surface area contributed by atoms with E-state index in [4.69, 9.17) is 5.11 Å². The summed E-state index contributed by atoms with van der Waals surface area (Å²) in [5.74, 6) is -1.74. The van der Waals surface area contributed by atoms with Crippen LogP contribution < -0.4 is 5.32 Å². The zero-order valence-corrected chi connectivity index (χ0v) is 11.8. The van der Waals surface area contributed by atoms with Crippen molar-refractivity contribution in [3.05, 3.63) is 35.4 Å². The van der Waals surface area contributed by atoms with Gasteiger partial charge in [0.2, 0.25) is 5.91 Å². The first-order valence-electron chi connectivity index (χ1n) is 6.83. The second-order valence-corrected chi connectivity index (χ2v) is 5.20. The smallest absolute Gasteiger partial charge is 0.323 e. The maximum atomic E-state index is 12.0. The van der Waals surface area contributed by atoms with E-state index >= 15 is 0 Å². The molecule has 0 saturated heterocycles. The molecule has 0 heterocycles. The molecule has 1 saturated carbocycles. The fourth-order valence-electron chi connectivity index (χ4n) is 2.02. The van der Waals surface area contributed by atoms with Crippen LogP contribution in [-0.4, -0.2) is 46.9 Å². The summed E-state index contributed by atoms with van der Waals surface area (Å²) in [5, 5.41) is 11.3. The van der Waals surface area contributed by atoms with Gasteiger partial charge in [-0.25, -0.2) is 0 Å². The van der Waals surface area contributed by atoms with Gasteiger partial charge in [-0.15, -0.1) is 0 Å². The first-order chi connectivity index (χ1) is 9.97. The minimum absolute atomic E-state index is 0.00452. The molecular weight excluding hydrogens is 272 g/mol. The van der Waals surface area contributed by atoms with E-state index in [0.717, 1.165) is 18.4 Å². The van der Waals surface area contributed by atoms with E-state index < -0.39 is 5.97 Å². The molecule has 0 aromatic heterocycles. The number of carbonyl (C=O) groups is 3. The monoisotopic (exact) mass is 290 g/mol. The predicted octanol–water partition coefficient (Wildman–Crippen LogP) is 0.800. The largest absolute Gasteiger partial charge is 0.480 e. The van der Waals surface area contributed by atoms with Crippen LogP contribution in [0, 0.1) is 6.92 Å². The third-order valence-corrected chi connectivity index (χ3v) is 3.33. The molecule has 6 heteroatoms. The molecule has 0 radical (unpaired) electrons. The lowest BCUT2D eigenvalue weighted by molar-refractivity contribution is -0.144. The Morgan fingerprint density at radius 1 is 1.24 bits per heavy atom. The Kier molecular flexibility index (Phi) is 4.57. The van der Waals surface area contributed by atoms with Crippen LogP contribution in [0.2, 0.25) is 0 Å². The van der Waals surface area contributed by atoms with Gasteiger partial charge in [0.05, 0.1) is 6.54 Å². The summed E-state index contributed by atoms with van der Waals surface area (Å²) >= 11 is 0. The number of carboxylic acids is 1. The molecule has 112 valence electrons. The molecule has 1 aromatic carbocycles. The van der Waals surface area contributed by atoms with E-state index in [9.17, 15) is 14.4 Å². The number of aliphatic carboxylic acids is 1. The van der Waals surface area contributed by atoms with Crippen molar-refractivity contribution in [1.82, 2.24) is 10.2 Å².